The maximum absolute atomic E-state index is 12.1. The number of carbonyl (C=O) groups excluding carboxylic acids is 1. The third kappa shape index (κ3) is 3.72. The molecule has 2 aromatic heterocycles. The van der Waals surface area contributed by atoms with E-state index in [-0.39, 0.29) is 11.8 Å². The highest BCUT2D eigenvalue weighted by Gasteiger charge is 2.17. The van der Waals surface area contributed by atoms with E-state index >= 15 is 0 Å². The summed E-state index contributed by atoms with van der Waals surface area (Å²) >= 11 is 0. The molecule has 0 fully saturated rings. The van der Waals surface area contributed by atoms with Gasteiger partial charge >= 0.3 is 0 Å². The standard InChI is InChI=1S/C16H22N6O/c1-11(8-22-10-17-9-19-22)16(23)18-7-6-15-20-12(2)13-4-3-5-14(13)21-15/h9-11H,3-8H2,1-2H3,(H,18,23). The minimum absolute atomic E-state index is 0.0124. The fourth-order valence-corrected chi connectivity index (χ4v) is 2.96. The average molecular weight is 314 g/mol. The van der Waals surface area contributed by atoms with Gasteiger partial charge in [-0.3, -0.25) is 9.48 Å². The number of nitrogens with one attached hydrogen (secondary N) is 1. The van der Waals surface area contributed by atoms with Gasteiger partial charge in [-0.05, 0) is 31.7 Å². The molecule has 23 heavy (non-hydrogen) atoms. The lowest BCUT2D eigenvalue weighted by Gasteiger charge is -2.12. The maximum Gasteiger partial charge on any atom is 0.224 e. The van der Waals surface area contributed by atoms with Crippen molar-refractivity contribution < 1.29 is 4.79 Å². The highest BCUT2D eigenvalue weighted by molar-refractivity contribution is 5.78. The van der Waals surface area contributed by atoms with Crippen LogP contribution in [0.15, 0.2) is 12.7 Å². The summed E-state index contributed by atoms with van der Waals surface area (Å²) in [6.07, 6.45) is 7.06. The lowest BCUT2D eigenvalue weighted by molar-refractivity contribution is -0.124. The van der Waals surface area contributed by atoms with Gasteiger partial charge in [-0.2, -0.15) is 5.10 Å². The van der Waals surface area contributed by atoms with Crippen molar-refractivity contribution in [1.82, 2.24) is 30.0 Å². The first-order valence-corrected chi connectivity index (χ1v) is 8.09. The fourth-order valence-electron chi connectivity index (χ4n) is 2.96. The summed E-state index contributed by atoms with van der Waals surface area (Å²) < 4.78 is 1.66. The Morgan fingerprint density at radius 1 is 1.39 bits per heavy atom. The van der Waals surface area contributed by atoms with Crippen LogP contribution in [0, 0.1) is 12.8 Å². The van der Waals surface area contributed by atoms with Crippen molar-refractivity contribution in [2.24, 2.45) is 5.92 Å². The summed E-state index contributed by atoms with van der Waals surface area (Å²) in [4.78, 5) is 25.2. The van der Waals surface area contributed by atoms with Gasteiger partial charge in [0.25, 0.3) is 0 Å². The van der Waals surface area contributed by atoms with Crippen molar-refractivity contribution in [2.75, 3.05) is 6.54 Å². The van der Waals surface area contributed by atoms with E-state index in [2.05, 4.69) is 25.4 Å². The normalized spacial score (nSPS) is 14.5. The van der Waals surface area contributed by atoms with Gasteiger partial charge in [-0.25, -0.2) is 15.0 Å². The largest absolute Gasteiger partial charge is 0.355 e. The number of nitrogens with zero attached hydrogens (tertiary/aromatic N) is 5. The fraction of sp³-hybridized carbons (Fsp3) is 0.562. The van der Waals surface area contributed by atoms with Crippen molar-refractivity contribution in [1.29, 1.82) is 0 Å². The molecule has 3 rings (SSSR count). The first kappa shape index (κ1) is 15.6. The van der Waals surface area contributed by atoms with Crippen LogP contribution in [0.25, 0.3) is 0 Å². The van der Waals surface area contributed by atoms with Gasteiger partial charge in [0.15, 0.2) is 0 Å². The highest BCUT2D eigenvalue weighted by Crippen LogP contribution is 2.22. The van der Waals surface area contributed by atoms with Gasteiger partial charge in [0.05, 0.1) is 12.5 Å². The second kappa shape index (κ2) is 6.85. The van der Waals surface area contributed by atoms with E-state index in [4.69, 9.17) is 0 Å². The van der Waals surface area contributed by atoms with Gasteiger partial charge in [0, 0.05) is 24.4 Å². The van der Waals surface area contributed by atoms with E-state index in [1.807, 2.05) is 13.8 Å². The lowest BCUT2D eigenvalue weighted by atomic mass is 10.1. The van der Waals surface area contributed by atoms with E-state index < -0.39 is 0 Å². The van der Waals surface area contributed by atoms with Crippen LogP contribution < -0.4 is 5.32 Å². The van der Waals surface area contributed by atoms with Crippen molar-refractivity contribution >= 4 is 5.91 Å². The first-order chi connectivity index (χ1) is 11.1. The number of carbonyl (C=O) groups is 1. The summed E-state index contributed by atoms with van der Waals surface area (Å²) in [7, 11) is 0. The summed E-state index contributed by atoms with van der Waals surface area (Å²) in [5, 5.41) is 6.97. The average Bonchev–Trinajstić information content (AvgIpc) is 3.18. The van der Waals surface area contributed by atoms with E-state index in [1.54, 1.807) is 11.0 Å². The quantitative estimate of drug-likeness (QED) is 0.855. The molecule has 0 spiro atoms. The molecule has 0 aromatic carbocycles. The van der Waals surface area contributed by atoms with E-state index in [0.29, 0.717) is 19.5 Å². The van der Waals surface area contributed by atoms with Crippen LogP contribution in [0.4, 0.5) is 0 Å². The lowest BCUT2D eigenvalue weighted by Crippen LogP contribution is -2.33. The molecule has 0 saturated heterocycles. The van der Waals surface area contributed by atoms with Gasteiger partial charge in [0.1, 0.15) is 18.5 Å². The highest BCUT2D eigenvalue weighted by atomic mass is 16.1. The van der Waals surface area contributed by atoms with Crippen LogP contribution in [0.3, 0.4) is 0 Å². The molecule has 0 saturated carbocycles. The molecule has 1 atom stereocenters. The van der Waals surface area contributed by atoms with Crippen molar-refractivity contribution in [2.45, 2.75) is 46.1 Å². The Labute approximate surface area is 135 Å². The minimum Gasteiger partial charge on any atom is -0.355 e. The number of hydrogen-bond acceptors (Lipinski definition) is 5. The molecule has 0 radical (unpaired) electrons. The zero-order valence-corrected chi connectivity index (χ0v) is 13.6. The molecule has 122 valence electrons. The Morgan fingerprint density at radius 3 is 3.04 bits per heavy atom. The molecule has 2 heterocycles. The molecule has 0 aliphatic heterocycles. The zero-order chi connectivity index (χ0) is 16.2. The number of fused-ring (bicyclic) bond motifs is 1. The molecule has 0 bridgehead atoms. The maximum atomic E-state index is 12.1. The molecule has 2 aromatic rings. The van der Waals surface area contributed by atoms with Gasteiger partial charge in [-0.15, -0.1) is 0 Å². The van der Waals surface area contributed by atoms with Crippen molar-refractivity contribution in [3.8, 4) is 0 Å². The summed E-state index contributed by atoms with van der Waals surface area (Å²) in [5.74, 6) is 0.685. The third-order valence-corrected chi connectivity index (χ3v) is 4.21. The Balaban J connectivity index is 1.49. The van der Waals surface area contributed by atoms with Crippen molar-refractivity contribution in [3.63, 3.8) is 0 Å². The van der Waals surface area contributed by atoms with Crippen molar-refractivity contribution in [3.05, 3.63) is 35.4 Å². The van der Waals surface area contributed by atoms with E-state index in [9.17, 15) is 4.79 Å². The zero-order valence-electron chi connectivity index (χ0n) is 13.6. The van der Waals surface area contributed by atoms with Gasteiger partial charge < -0.3 is 5.32 Å². The molecule has 1 aliphatic carbocycles. The Bertz CT molecular complexity index is 682. The second-order valence-electron chi connectivity index (χ2n) is 6.06. The molecule has 1 N–H and O–H groups in total. The van der Waals surface area contributed by atoms with E-state index in [1.165, 1.54) is 24.0 Å². The summed E-state index contributed by atoms with van der Waals surface area (Å²) in [6.45, 7) is 5.01. The van der Waals surface area contributed by atoms with Crippen LogP contribution in [-0.2, 0) is 30.6 Å². The Kier molecular flexibility index (Phi) is 4.64. The van der Waals surface area contributed by atoms with Gasteiger partial charge in [-0.1, -0.05) is 6.92 Å². The molecule has 7 heteroatoms. The Morgan fingerprint density at radius 2 is 2.26 bits per heavy atom. The smallest absolute Gasteiger partial charge is 0.224 e. The number of amides is 1. The Hall–Kier alpha value is -2.31. The van der Waals surface area contributed by atoms with Crippen LogP contribution >= 0.6 is 0 Å². The molecular formula is C16H22N6O. The number of aromatic nitrogens is 5. The number of aryl methyl sites for hydroxylation is 2. The molecule has 1 unspecified atom stereocenters. The predicted octanol–water partition coefficient (Wildman–Crippen LogP) is 0.860. The first-order valence-electron chi connectivity index (χ1n) is 8.09. The number of rotatable bonds is 6. The predicted molar refractivity (Wildman–Crippen MR) is 84.7 cm³/mol. The third-order valence-electron chi connectivity index (χ3n) is 4.21. The molecule has 1 amide bonds. The van der Waals surface area contributed by atoms with E-state index in [0.717, 1.165) is 24.4 Å². The molecule has 1 aliphatic rings. The molecular weight excluding hydrogens is 292 g/mol. The van der Waals surface area contributed by atoms with Crippen LogP contribution in [-0.4, -0.2) is 37.2 Å². The second-order valence-corrected chi connectivity index (χ2v) is 6.06. The van der Waals surface area contributed by atoms with Crippen LogP contribution in [0.2, 0.25) is 0 Å². The topological polar surface area (TPSA) is 85.6 Å². The minimum atomic E-state index is -0.153. The SMILES string of the molecule is Cc1nc(CCNC(=O)C(C)Cn2cncn2)nc2c1CCC2. The van der Waals surface area contributed by atoms with Crippen LogP contribution in [0.1, 0.15) is 36.1 Å². The monoisotopic (exact) mass is 314 g/mol. The number of hydrogen-bond donors (Lipinski definition) is 1. The molecule has 7 nitrogen and oxygen atoms in total. The summed E-state index contributed by atoms with van der Waals surface area (Å²) in [5.41, 5.74) is 3.60. The van der Waals surface area contributed by atoms with Gasteiger partial charge in [0.2, 0.25) is 5.91 Å². The summed E-state index contributed by atoms with van der Waals surface area (Å²) in [6, 6.07) is 0. The van der Waals surface area contributed by atoms with Crippen LogP contribution in [0.5, 0.6) is 0 Å².